The summed E-state index contributed by atoms with van der Waals surface area (Å²) in [7, 11) is 0. The Morgan fingerprint density at radius 2 is 2.24 bits per heavy atom. The second kappa shape index (κ2) is 4.02. The van der Waals surface area contributed by atoms with Gasteiger partial charge in [0, 0.05) is 17.1 Å². The molecule has 4 heteroatoms. The third-order valence-corrected chi connectivity index (χ3v) is 4.35. The molecule has 1 aliphatic carbocycles. The van der Waals surface area contributed by atoms with Crippen LogP contribution in [0, 0.1) is 5.92 Å². The molecule has 1 amide bonds. The molecule has 1 saturated carbocycles. The Kier molecular flexibility index (Phi) is 2.62. The molecular weight excluding hydrogens is 282 g/mol. The van der Waals surface area contributed by atoms with Crippen LogP contribution in [0.2, 0.25) is 0 Å². The average molecular weight is 296 g/mol. The standard InChI is InChI=1S/C13H14BrNO2/c14-9-2-4-11(12(16)6-9)13(17)15-7-8-1-3-10(15)5-8/h2,4,6,8,10,16H,1,3,5,7H2. The van der Waals surface area contributed by atoms with E-state index in [2.05, 4.69) is 15.9 Å². The molecule has 3 nitrogen and oxygen atoms in total. The van der Waals surface area contributed by atoms with Crippen molar-refractivity contribution in [1.82, 2.24) is 4.90 Å². The number of carbonyl (C=O) groups is 1. The summed E-state index contributed by atoms with van der Waals surface area (Å²) >= 11 is 3.28. The number of likely N-dealkylation sites (tertiary alicyclic amines) is 1. The molecule has 2 atom stereocenters. The van der Waals surface area contributed by atoms with Crippen molar-refractivity contribution >= 4 is 21.8 Å². The SMILES string of the molecule is O=C(c1ccc(Br)cc1O)N1CC2CCC1C2. The summed E-state index contributed by atoms with van der Waals surface area (Å²) < 4.78 is 0.787. The fraction of sp³-hybridized carbons (Fsp3) is 0.462. The number of phenols is 1. The number of carbonyl (C=O) groups excluding carboxylic acids is 1. The molecule has 1 heterocycles. The van der Waals surface area contributed by atoms with E-state index in [1.54, 1.807) is 18.2 Å². The Morgan fingerprint density at radius 3 is 2.82 bits per heavy atom. The van der Waals surface area contributed by atoms with Crippen LogP contribution in [0.15, 0.2) is 22.7 Å². The van der Waals surface area contributed by atoms with E-state index in [1.807, 2.05) is 4.90 Å². The number of halogens is 1. The monoisotopic (exact) mass is 295 g/mol. The van der Waals surface area contributed by atoms with E-state index in [0.29, 0.717) is 17.5 Å². The number of rotatable bonds is 1. The number of hydrogen-bond donors (Lipinski definition) is 1. The molecule has 90 valence electrons. The summed E-state index contributed by atoms with van der Waals surface area (Å²) in [5.41, 5.74) is 0.417. The van der Waals surface area contributed by atoms with Crippen LogP contribution in [-0.4, -0.2) is 28.5 Å². The van der Waals surface area contributed by atoms with Gasteiger partial charge in [-0.3, -0.25) is 4.79 Å². The summed E-state index contributed by atoms with van der Waals surface area (Å²) in [5.74, 6) is 0.718. The van der Waals surface area contributed by atoms with Gasteiger partial charge in [0.15, 0.2) is 0 Å². The highest BCUT2D eigenvalue weighted by Gasteiger charge is 2.40. The van der Waals surface area contributed by atoms with Crippen molar-refractivity contribution in [3.05, 3.63) is 28.2 Å². The predicted octanol–water partition coefficient (Wildman–Crippen LogP) is 2.78. The van der Waals surface area contributed by atoms with Gasteiger partial charge in [-0.2, -0.15) is 0 Å². The molecule has 2 bridgehead atoms. The third kappa shape index (κ3) is 1.84. The van der Waals surface area contributed by atoms with Gasteiger partial charge >= 0.3 is 0 Å². The zero-order valence-corrected chi connectivity index (χ0v) is 11.0. The van der Waals surface area contributed by atoms with E-state index in [0.717, 1.165) is 23.9 Å². The third-order valence-electron chi connectivity index (χ3n) is 3.86. The number of phenolic OH excluding ortho intramolecular Hbond substituents is 1. The highest BCUT2D eigenvalue weighted by atomic mass is 79.9. The van der Waals surface area contributed by atoms with Crippen LogP contribution in [0.3, 0.4) is 0 Å². The lowest BCUT2D eigenvalue weighted by atomic mass is 10.1. The summed E-state index contributed by atoms with van der Waals surface area (Å²) in [6.07, 6.45) is 3.51. The summed E-state index contributed by atoms with van der Waals surface area (Å²) in [5, 5.41) is 9.81. The maximum atomic E-state index is 12.3. The van der Waals surface area contributed by atoms with Crippen LogP contribution in [0.4, 0.5) is 0 Å². The molecule has 1 N–H and O–H groups in total. The maximum absolute atomic E-state index is 12.3. The maximum Gasteiger partial charge on any atom is 0.257 e. The van der Waals surface area contributed by atoms with Gasteiger partial charge in [0.05, 0.1) is 5.56 Å². The van der Waals surface area contributed by atoms with Crippen molar-refractivity contribution in [1.29, 1.82) is 0 Å². The first-order valence-corrected chi connectivity index (χ1v) is 6.74. The van der Waals surface area contributed by atoms with Crippen molar-refractivity contribution < 1.29 is 9.90 Å². The first-order chi connectivity index (χ1) is 8.15. The lowest BCUT2D eigenvalue weighted by Crippen LogP contribution is -2.37. The summed E-state index contributed by atoms with van der Waals surface area (Å²) in [6.45, 7) is 0.860. The molecule has 0 spiro atoms. The fourth-order valence-electron chi connectivity index (χ4n) is 3.01. The lowest BCUT2D eigenvalue weighted by Gasteiger charge is -2.27. The highest BCUT2D eigenvalue weighted by Crippen LogP contribution is 2.38. The molecule has 1 aromatic rings. The zero-order chi connectivity index (χ0) is 12.0. The number of piperidine rings is 1. The highest BCUT2D eigenvalue weighted by molar-refractivity contribution is 9.10. The largest absolute Gasteiger partial charge is 0.507 e. The number of hydrogen-bond acceptors (Lipinski definition) is 2. The van der Waals surface area contributed by atoms with Crippen molar-refractivity contribution in [2.45, 2.75) is 25.3 Å². The predicted molar refractivity (Wildman–Crippen MR) is 68.0 cm³/mol. The Labute approximate surface area is 109 Å². The van der Waals surface area contributed by atoms with E-state index in [1.165, 1.54) is 6.42 Å². The van der Waals surface area contributed by atoms with Gasteiger partial charge in [0.1, 0.15) is 5.75 Å². The number of nitrogens with zero attached hydrogens (tertiary/aromatic N) is 1. The number of benzene rings is 1. The summed E-state index contributed by atoms with van der Waals surface area (Å²) in [4.78, 5) is 14.2. The second-order valence-corrected chi connectivity index (χ2v) is 5.87. The Balaban J connectivity index is 1.87. The molecule has 17 heavy (non-hydrogen) atoms. The van der Waals surface area contributed by atoms with Crippen LogP contribution >= 0.6 is 15.9 Å². The molecular formula is C13H14BrNO2. The van der Waals surface area contributed by atoms with Crippen molar-refractivity contribution in [2.75, 3.05) is 6.54 Å². The minimum Gasteiger partial charge on any atom is -0.507 e. The van der Waals surface area contributed by atoms with E-state index >= 15 is 0 Å². The van der Waals surface area contributed by atoms with E-state index in [4.69, 9.17) is 0 Å². The van der Waals surface area contributed by atoms with Crippen LogP contribution in [0.25, 0.3) is 0 Å². The average Bonchev–Trinajstić information content (AvgIpc) is 2.89. The number of amides is 1. The van der Waals surface area contributed by atoms with Gasteiger partial charge in [0.25, 0.3) is 5.91 Å². The van der Waals surface area contributed by atoms with Gasteiger partial charge < -0.3 is 10.0 Å². The molecule has 2 fully saturated rings. The Bertz CT molecular complexity index is 474. The van der Waals surface area contributed by atoms with Gasteiger partial charge in [-0.15, -0.1) is 0 Å². The van der Waals surface area contributed by atoms with E-state index < -0.39 is 0 Å². The molecule has 3 rings (SSSR count). The molecule has 1 aliphatic heterocycles. The molecule has 1 aromatic carbocycles. The van der Waals surface area contributed by atoms with Crippen LogP contribution in [0.5, 0.6) is 5.75 Å². The second-order valence-electron chi connectivity index (χ2n) is 4.95. The first-order valence-electron chi connectivity index (χ1n) is 5.94. The van der Waals surface area contributed by atoms with Crippen molar-refractivity contribution in [3.63, 3.8) is 0 Å². The van der Waals surface area contributed by atoms with Gasteiger partial charge in [-0.05, 0) is 43.4 Å². The van der Waals surface area contributed by atoms with E-state index in [-0.39, 0.29) is 11.7 Å². The number of fused-ring (bicyclic) bond motifs is 2. The fourth-order valence-corrected chi connectivity index (χ4v) is 3.36. The molecule has 2 aliphatic rings. The molecule has 0 radical (unpaired) electrons. The Morgan fingerprint density at radius 1 is 1.41 bits per heavy atom. The van der Waals surface area contributed by atoms with Crippen LogP contribution < -0.4 is 0 Å². The van der Waals surface area contributed by atoms with Gasteiger partial charge in [0.2, 0.25) is 0 Å². The van der Waals surface area contributed by atoms with Crippen LogP contribution in [-0.2, 0) is 0 Å². The molecule has 1 saturated heterocycles. The molecule has 0 aromatic heterocycles. The normalized spacial score (nSPS) is 26.5. The quantitative estimate of drug-likeness (QED) is 0.865. The smallest absolute Gasteiger partial charge is 0.257 e. The topological polar surface area (TPSA) is 40.5 Å². The first kappa shape index (κ1) is 11.1. The van der Waals surface area contributed by atoms with E-state index in [9.17, 15) is 9.90 Å². The zero-order valence-electron chi connectivity index (χ0n) is 9.40. The minimum atomic E-state index is -0.0257. The summed E-state index contributed by atoms with van der Waals surface area (Å²) in [6, 6.07) is 5.45. The number of aromatic hydroxyl groups is 1. The lowest BCUT2D eigenvalue weighted by molar-refractivity contribution is 0.0700. The minimum absolute atomic E-state index is 0.0257. The Hall–Kier alpha value is -1.03. The van der Waals surface area contributed by atoms with Gasteiger partial charge in [-0.25, -0.2) is 0 Å². The molecule has 2 unspecified atom stereocenters. The van der Waals surface area contributed by atoms with Gasteiger partial charge in [-0.1, -0.05) is 15.9 Å². The van der Waals surface area contributed by atoms with Crippen molar-refractivity contribution in [2.24, 2.45) is 5.92 Å². The van der Waals surface area contributed by atoms with Crippen molar-refractivity contribution in [3.8, 4) is 5.75 Å². The van der Waals surface area contributed by atoms with Crippen LogP contribution in [0.1, 0.15) is 29.6 Å².